The van der Waals surface area contributed by atoms with E-state index in [0.29, 0.717) is 0 Å². The van der Waals surface area contributed by atoms with E-state index in [0.717, 1.165) is 5.92 Å². The van der Waals surface area contributed by atoms with Crippen molar-refractivity contribution in [3.05, 3.63) is 71.1 Å². The molecule has 3 heteroatoms. The standard InChI is InChI=1S/C27H33.2ClH.Zr/c1-2-3-4-6-10-21-19-25-13-9-14-26(27(25)20-21)24-17-15-23(16-18-24)22-11-7-5-8-12-22;;;/h9,13-20,22H,2-8,10-12H2,1H3;2*1H;/q;;;+2/p-2. The summed E-state index contributed by atoms with van der Waals surface area (Å²) in [4.78, 5) is 0. The molecule has 0 aliphatic heterocycles. The van der Waals surface area contributed by atoms with Gasteiger partial charge in [-0.3, -0.25) is 0 Å². The summed E-state index contributed by atoms with van der Waals surface area (Å²) in [6.45, 7) is 2.28. The molecule has 0 amide bonds. The molecule has 0 bridgehead atoms. The van der Waals surface area contributed by atoms with Gasteiger partial charge < -0.3 is 0 Å². The van der Waals surface area contributed by atoms with Crippen LogP contribution in [0.1, 0.15) is 93.7 Å². The van der Waals surface area contributed by atoms with Crippen molar-refractivity contribution in [3.8, 4) is 11.1 Å². The Hall–Kier alpha value is -0.357. The van der Waals surface area contributed by atoms with Crippen LogP contribution in [0, 0.1) is 6.42 Å². The molecule has 2 aromatic rings. The molecule has 0 N–H and O–H groups in total. The van der Waals surface area contributed by atoms with Crippen molar-refractivity contribution in [1.29, 1.82) is 0 Å². The first-order chi connectivity index (χ1) is 14.8. The fourth-order valence-corrected chi connectivity index (χ4v) is 4.82. The van der Waals surface area contributed by atoms with Gasteiger partial charge >= 0.3 is 37.9 Å². The Morgan fingerprint density at radius 3 is 2.33 bits per heavy atom. The first kappa shape index (κ1) is 24.3. The van der Waals surface area contributed by atoms with Crippen LogP contribution in [0.25, 0.3) is 17.2 Å². The third-order valence-electron chi connectivity index (χ3n) is 6.43. The second-order valence-corrected chi connectivity index (χ2v) is 12.2. The van der Waals surface area contributed by atoms with Gasteiger partial charge in [0.05, 0.1) is 0 Å². The van der Waals surface area contributed by atoms with Gasteiger partial charge in [-0.25, -0.2) is 0 Å². The Balaban J connectivity index is 0.000000806. The van der Waals surface area contributed by atoms with Crippen LogP contribution in [0.2, 0.25) is 0 Å². The van der Waals surface area contributed by atoms with Crippen LogP contribution in [0.4, 0.5) is 0 Å². The molecule has 0 heterocycles. The van der Waals surface area contributed by atoms with Gasteiger partial charge in [0.15, 0.2) is 0 Å². The van der Waals surface area contributed by atoms with Crippen molar-refractivity contribution in [1.82, 2.24) is 0 Å². The Morgan fingerprint density at radius 1 is 0.900 bits per heavy atom. The molecule has 2 aliphatic carbocycles. The average molecular weight is 520 g/mol. The molecule has 1 fully saturated rings. The average Bonchev–Trinajstić information content (AvgIpc) is 3.21. The Morgan fingerprint density at radius 2 is 1.63 bits per heavy atom. The quantitative estimate of drug-likeness (QED) is 0.319. The summed E-state index contributed by atoms with van der Waals surface area (Å²) in [5, 5.41) is 0. The zero-order valence-electron chi connectivity index (χ0n) is 18.1. The fraction of sp³-hybridized carbons (Fsp3) is 0.444. The van der Waals surface area contributed by atoms with Crippen LogP contribution in [0.15, 0.2) is 48.0 Å². The molecule has 30 heavy (non-hydrogen) atoms. The van der Waals surface area contributed by atoms with Gasteiger partial charge in [0.1, 0.15) is 0 Å². The second-order valence-electron chi connectivity index (χ2n) is 8.51. The molecular formula is C27H33Cl2Zr. The predicted molar refractivity (Wildman–Crippen MR) is 130 cm³/mol. The number of rotatable bonds is 7. The van der Waals surface area contributed by atoms with Crippen molar-refractivity contribution < 1.29 is 20.8 Å². The normalized spacial score (nSPS) is 15.8. The molecule has 159 valence electrons. The van der Waals surface area contributed by atoms with E-state index in [4.69, 9.17) is 17.0 Å². The first-order valence-corrected chi connectivity index (χ1v) is 17.8. The van der Waals surface area contributed by atoms with Crippen molar-refractivity contribution in [2.75, 3.05) is 0 Å². The van der Waals surface area contributed by atoms with Crippen LogP contribution >= 0.6 is 17.0 Å². The van der Waals surface area contributed by atoms with Crippen LogP contribution in [-0.2, 0) is 20.8 Å². The van der Waals surface area contributed by atoms with Crippen LogP contribution in [-0.4, -0.2) is 0 Å². The van der Waals surface area contributed by atoms with E-state index >= 15 is 0 Å². The summed E-state index contributed by atoms with van der Waals surface area (Å²) in [5.74, 6) is 0.789. The van der Waals surface area contributed by atoms with E-state index in [9.17, 15) is 0 Å². The number of allylic oxidation sites excluding steroid dienone is 1. The zero-order chi connectivity index (χ0) is 21.2. The number of unbranched alkanes of at least 4 members (excludes halogenated alkanes) is 3. The molecule has 2 aliphatic rings. The first-order valence-electron chi connectivity index (χ1n) is 11.5. The van der Waals surface area contributed by atoms with Crippen molar-refractivity contribution in [2.45, 2.75) is 77.0 Å². The summed E-state index contributed by atoms with van der Waals surface area (Å²) in [7, 11) is 9.87. The van der Waals surface area contributed by atoms with E-state index in [-0.39, 0.29) is 0 Å². The van der Waals surface area contributed by atoms with E-state index in [1.54, 1.807) is 5.56 Å². The maximum absolute atomic E-state index is 4.93. The van der Waals surface area contributed by atoms with E-state index in [1.807, 2.05) is 0 Å². The van der Waals surface area contributed by atoms with Gasteiger partial charge in [-0.1, -0.05) is 99.6 Å². The number of benzene rings is 2. The van der Waals surface area contributed by atoms with E-state index in [2.05, 4.69) is 61.9 Å². The summed E-state index contributed by atoms with van der Waals surface area (Å²) >= 11 is -0.826. The molecular weight excluding hydrogens is 486 g/mol. The monoisotopic (exact) mass is 517 g/mol. The number of hydrogen-bond donors (Lipinski definition) is 0. The molecule has 0 aromatic heterocycles. The van der Waals surface area contributed by atoms with E-state index < -0.39 is 20.8 Å². The number of halogens is 2. The molecule has 0 nitrogen and oxygen atoms in total. The topological polar surface area (TPSA) is 0 Å². The summed E-state index contributed by atoms with van der Waals surface area (Å²) in [5.41, 5.74) is 8.63. The van der Waals surface area contributed by atoms with Crippen LogP contribution in [0.5, 0.6) is 0 Å². The number of fused-ring (bicyclic) bond motifs is 1. The van der Waals surface area contributed by atoms with Gasteiger partial charge in [-0.15, -0.1) is 0 Å². The minimum absolute atomic E-state index is 0.789. The van der Waals surface area contributed by atoms with Gasteiger partial charge in [-0.05, 0) is 59.4 Å². The van der Waals surface area contributed by atoms with Crippen LogP contribution in [0.3, 0.4) is 0 Å². The number of hydrogen-bond acceptors (Lipinski definition) is 0. The molecule has 2 aromatic carbocycles. The molecule has 0 unspecified atom stereocenters. The molecule has 1 radical (unpaired) electrons. The third kappa shape index (κ3) is 6.82. The summed E-state index contributed by atoms with van der Waals surface area (Å²) < 4.78 is 0. The van der Waals surface area contributed by atoms with Gasteiger partial charge in [0.2, 0.25) is 0 Å². The maximum atomic E-state index is 4.93. The Labute approximate surface area is 202 Å². The van der Waals surface area contributed by atoms with Gasteiger partial charge in [0.25, 0.3) is 0 Å². The summed E-state index contributed by atoms with van der Waals surface area (Å²) in [6, 6.07) is 16.3. The molecule has 1 saturated carbocycles. The van der Waals surface area contributed by atoms with Crippen molar-refractivity contribution in [3.63, 3.8) is 0 Å². The Bertz CT molecular complexity index is 804. The SMILES string of the molecule is CCCCCCC1=Cc2c(cccc2-c2ccc(C3CCCCC3)cc2)[CH]1.[Cl][Zr][Cl]. The van der Waals surface area contributed by atoms with Crippen molar-refractivity contribution in [2.24, 2.45) is 0 Å². The third-order valence-corrected chi connectivity index (χ3v) is 6.43. The minimum atomic E-state index is -0.826. The molecule has 0 atom stereocenters. The molecule has 0 saturated heterocycles. The second kappa shape index (κ2) is 13.3. The van der Waals surface area contributed by atoms with Gasteiger partial charge in [-0.2, -0.15) is 0 Å². The fourth-order valence-electron chi connectivity index (χ4n) is 4.82. The van der Waals surface area contributed by atoms with E-state index in [1.165, 1.54) is 92.0 Å². The molecule has 0 spiro atoms. The predicted octanol–water partition coefficient (Wildman–Crippen LogP) is 9.70. The zero-order valence-corrected chi connectivity index (χ0v) is 22.1. The van der Waals surface area contributed by atoms with Crippen molar-refractivity contribution >= 4 is 23.1 Å². The summed E-state index contributed by atoms with van der Waals surface area (Å²) in [6.07, 6.45) is 18.4. The van der Waals surface area contributed by atoms with Crippen LogP contribution < -0.4 is 0 Å². The Kier molecular flexibility index (Phi) is 10.7. The molecule has 4 rings (SSSR count). The van der Waals surface area contributed by atoms with Gasteiger partial charge in [0, 0.05) is 6.42 Å².